The van der Waals surface area contributed by atoms with Crippen LogP contribution in [0.4, 0.5) is 11.5 Å². The average molecular weight is 495 g/mol. The Balaban J connectivity index is 1.46. The Hall–Kier alpha value is -3.16. The third-order valence-electron chi connectivity index (χ3n) is 7.19. The molecule has 1 aromatic carbocycles. The van der Waals surface area contributed by atoms with Gasteiger partial charge in [-0.3, -0.25) is 9.48 Å². The highest BCUT2D eigenvalue weighted by Gasteiger charge is 2.39. The molecule has 0 amide bonds. The van der Waals surface area contributed by atoms with E-state index >= 15 is 0 Å². The predicted octanol–water partition coefficient (Wildman–Crippen LogP) is 4.29. The minimum Gasteiger partial charge on any atom is -0.338 e. The molecule has 0 bridgehead atoms. The minimum atomic E-state index is -3.62. The minimum absolute atomic E-state index is 0.0831. The van der Waals surface area contributed by atoms with E-state index in [1.54, 1.807) is 45.5 Å². The number of pyridine rings is 1. The van der Waals surface area contributed by atoms with Gasteiger partial charge in [-0.15, -0.1) is 0 Å². The third kappa shape index (κ3) is 4.34. The number of nitrogens with zero attached hydrogens (tertiary/aromatic N) is 4. The number of rotatable bonds is 7. The van der Waals surface area contributed by atoms with Crippen LogP contribution in [-0.4, -0.2) is 39.6 Å². The fourth-order valence-electron chi connectivity index (χ4n) is 5.13. The Labute approximate surface area is 204 Å². The van der Waals surface area contributed by atoms with Crippen LogP contribution >= 0.6 is 0 Å². The van der Waals surface area contributed by atoms with Gasteiger partial charge in [0.25, 0.3) is 5.56 Å². The summed E-state index contributed by atoms with van der Waals surface area (Å²) in [5.41, 5.74) is 0.617. The van der Waals surface area contributed by atoms with Crippen LogP contribution in [0.25, 0.3) is 10.9 Å². The molecule has 9 nitrogen and oxygen atoms in total. The van der Waals surface area contributed by atoms with Crippen molar-refractivity contribution < 1.29 is 8.42 Å². The maximum atomic E-state index is 13.3. The van der Waals surface area contributed by atoms with Gasteiger partial charge in [0.1, 0.15) is 5.39 Å². The van der Waals surface area contributed by atoms with Crippen LogP contribution in [-0.2, 0) is 10.0 Å². The zero-order valence-corrected chi connectivity index (χ0v) is 20.8. The molecule has 2 aliphatic rings. The highest BCUT2D eigenvalue weighted by Crippen LogP contribution is 2.43. The number of aromatic amines is 1. The number of aromatic nitrogens is 3. The van der Waals surface area contributed by atoms with Crippen molar-refractivity contribution in [3.63, 3.8) is 0 Å². The summed E-state index contributed by atoms with van der Waals surface area (Å²) in [4.78, 5) is 15.6. The van der Waals surface area contributed by atoms with Crippen molar-refractivity contribution in [2.75, 3.05) is 11.9 Å². The van der Waals surface area contributed by atoms with Crippen LogP contribution < -0.4 is 10.9 Å². The second-order valence-electron chi connectivity index (χ2n) is 10.1. The fraction of sp³-hybridized carbons (Fsp3) is 0.480. The van der Waals surface area contributed by atoms with Crippen LogP contribution in [0.2, 0.25) is 0 Å². The molecule has 1 atom stereocenters. The molecule has 5 rings (SSSR count). The van der Waals surface area contributed by atoms with Gasteiger partial charge in [0, 0.05) is 24.0 Å². The molecule has 10 heteroatoms. The first kappa shape index (κ1) is 23.6. The van der Waals surface area contributed by atoms with E-state index in [2.05, 4.69) is 16.4 Å². The number of anilines is 2. The van der Waals surface area contributed by atoms with Crippen molar-refractivity contribution in [3.8, 4) is 6.07 Å². The predicted molar refractivity (Wildman–Crippen MR) is 134 cm³/mol. The van der Waals surface area contributed by atoms with Gasteiger partial charge in [-0.1, -0.05) is 6.42 Å². The SMILES string of the molecule is CC1(C)CCCCN1S(=O)(=O)c1ccc(Nc2nn([C@@H](CC#N)C3CC3)c3cc[nH]c(=O)c23)cc1. The summed E-state index contributed by atoms with van der Waals surface area (Å²) in [5.74, 6) is 0.770. The Morgan fingerprint density at radius 3 is 2.63 bits per heavy atom. The average Bonchev–Trinajstić information content (AvgIpc) is 3.59. The standard InChI is InChI=1S/C25H30N6O3S/c1-25(2)13-3-4-16-30(25)35(33,34)19-9-7-18(8-10-19)28-23-22-21(12-15-27-24(22)32)31(29-23)20(11-14-26)17-5-6-17/h7-10,12,15,17,20H,3-6,11,13,16H2,1-2H3,(H,27,32)(H,28,29)/t20-/m0/s1. The molecule has 0 spiro atoms. The smallest absolute Gasteiger partial charge is 0.261 e. The van der Waals surface area contributed by atoms with E-state index in [9.17, 15) is 18.5 Å². The Morgan fingerprint density at radius 1 is 1.23 bits per heavy atom. The topological polar surface area (TPSA) is 124 Å². The highest BCUT2D eigenvalue weighted by atomic mass is 32.2. The largest absolute Gasteiger partial charge is 0.338 e. The van der Waals surface area contributed by atoms with E-state index in [-0.39, 0.29) is 16.5 Å². The number of hydrogen-bond acceptors (Lipinski definition) is 6. The van der Waals surface area contributed by atoms with Crippen LogP contribution in [0.1, 0.15) is 58.4 Å². The summed E-state index contributed by atoms with van der Waals surface area (Å²) in [6, 6.07) is 10.5. The molecule has 3 heterocycles. The lowest BCUT2D eigenvalue weighted by atomic mass is 9.93. The van der Waals surface area contributed by atoms with Crippen molar-refractivity contribution in [3.05, 3.63) is 46.9 Å². The summed E-state index contributed by atoms with van der Waals surface area (Å²) in [7, 11) is -3.62. The lowest BCUT2D eigenvalue weighted by Crippen LogP contribution is -2.50. The number of H-pyrrole nitrogens is 1. The molecule has 0 unspecified atom stereocenters. The molecule has 1 aliphatic heterocycles. The van der Waals surface area contributed by atoms with Crippen molar-refractivity contribution in [1.29, 1.82) is 5.26 Å². The zero-order chi connectivity index (χ0) is 24.8. The Kier molecular flexibility index (Phi) is 5.93. The van der Waals surface area contributed by atoms with Crippen molar-refractivity contribution in [2.24, 2.45) is 5.92 Å². The second-order valence-corrected chi connectivity index (χ2v) is 12.0. The quantitative estimate of drug-likeness (QED) is 0.505. The van der Waals surface area contributed by atoms with Crippen LogP contribution in [0, 0.1) is 17.2 Å². The number of fused-ring (bicyclic) bond motifs is 1. The second kappa shape index (κ2) is 8.81. The van der Waals surface area contributed by atoms with Gasteiger partial charge >= 0.3 is 0 Å². The van der Waals surface area contributed by atoms with Crippen molar-refractivity contribution >= 4 is 32.4 Å². The van der Waals surface area contributed by atoms with E-state index in [0.29, 0.717) is 41.3 Å². The Morgan fingerprint density at radius 2 is 1.97 bits per heavy atom. The third-order valence-corrected chi connectivity index (χ3v) is 9.32. The van der Waals surface area contributed by atoms with Crippen LogP contribution in [0.3, 0.4) is 0 Å². The number of sulfonamides is 1. The summed E-state index contributed by atoms with van der Waals surface area (Å²) in [6.45, 7) is 4.46. The first-order valence-electron chi connectivity index (χ1n) is 12.1. The molecule has 1 saturated carbocycles. The summed E-state index contributed by atoms with van der Waals surface area (Å²) in [6.07, 6.45) is 6.73. The molecule has 2 N–H and O–H groups in total. The summed E-state index contributed by atoms with van der Waals surface area (Å²) in [5, 5.41) is 17.6. The fourth-order valence-corrected chi connectivity index (χ4v) is 6.97. The number of piperidine rings is 1. The molecule has 2 fully saturated rings. The van der Waals surface area contributed by atoms with Gasteiger partial charge in [0.15, 0.2) is 5.82 Å². The Bertz CT molecular complexity index is 1450. The number of nitriles is 1. The maximum absolute atomic E-state index is 13.3. The van der Waals surface area contributed by atoms with E-state index in [4.69, 9.17) is 5.10 Å². The number of nitrogens with one attached hydrogen (secondary N) is 2. The van der Waals surface area contributed by atoms with Crippen LogP contribution in [0.5, 0.6) is 0 Å². The molecular weight excluding hydrogens is 464 g/mol. The van der Waals surface area contributed by atoms with Gasteiger partial charge in [0.2, 0.25) is 10.0 Å². The van der Waals surface area contributed by atoms with Gasteiger partial charge in [-0.2, -0.15) is 14.7 Å². The van der Waals surface area contributed by atoms with E-state index in [1.165, 1.54) is 0 Å². The first-order chi connectivity index (χ1) is 16.7. The molecule has 35 heavy (non-hydrogen) atoms. The molecule has 2 aromatic heterocycles. The normalized spacial score (nSPS) is 19.3. The number of benzene rings is 1. The van der Waals surface area contributed by atoms with Gasteiger partial charge in [-0.25, -0.2) is 8.42 Å². The summed E-state index contributed by atoms with van der Waals surface area (Å²) >= 11 is 0. The molecule has 3 aromatic rings. The van der Waals surface area contributed by atoms with Crippen molar-refractivity contribution in [2.45, 2.75) is 68.8 Å². The molecule has 1 aliphatic carbocycles. The first-order valence-corrected chi connectivity index (χ1v) is 13.5. The maximum Gasteiger partial charge on any atom is 0.261 e. The van der Waals surface area contributed by atoms with E-state index < -0.39 is 15.6 Å². The van der Waals surface area contributed by atoms with Gasteiger partial charge in [0.05, 0.1) is 28.9 Å². The van der Waals surface area contributed by atoms with E-state index in [1.807, 2.05) is 13.8 Å². The molecule has 0 radical (unpaired) electrons. The molecule has 184 valence electrons. The monoisotopic (exact) mass is 494 g/mol. The van der Waals surface area contributed by atoms with Crippen molar-refractivity contribution in [1.82, 2.24) is 19.1 Å². The molecule has 1 saturated heterocycles. The van der Waals surface area contributed by atoms with Gasteiger partial charge < -0.3 is 10.3 Å². The lowest BCUT2D eigenvalue weighted by Gasteiger charge is -2.41. The summed E-state index contributed by atoms with van der Waals surface area (Å²) < 4.78 is 30.0. The zero-order valence-electron chi connectivity index (χ0n) is 20.0. The number of hydrogen-bond donors (Lipinski definition) is 2. The highest BCUT2D eigenvalue weighted by molar-refractivity contribution is 7.89. The lowest BCUT2D eigenvalue weighted by molar-refractivity contribution is 0.170. The van der Waals surface area contributed by atoms with E-state index in [0.717, 1.165) is 32.1 Å². The van der Waals surface area contributed by atoms with Gasteiger partial charge in [-0.05, 0) is 75.8 Å². The molecular formula is C25H30N6O3S. The van der Waals surface area contributed by atoms with Crippen LogP contribution in [0.15, 0.2) is 46.2 Å².